The number of hydrogen-bond acceptors (Lipinski definition) is 4. The fourth-order valence-electron chi connectivity index (χ4n) is 1.99. The molecule has 0 amide bonds. The van der Waals surface area contributed by atoms with Crippen LogP contribution >= 0.6 is 0 Å². The minimum absolute atomic E-state index is 0.157. The highest BCUT2D eigenvalue weighted by atomic mass is 16.5. The van der Waals surface area contributed by atoms with E-state index in [4.69, 9.17) is 10.5 Å². The third-order valence-electron chi connectivity index (χ3n) is 2.87. The molecule has 1 heterocycles. The molecule has 0 aliphatic carbocycles. The van der Waals surface area contributed by atoms with E-state index < -0.39 is 0 Å². The molecule has 0 saturated heterocycles. The van der Waals surface area contributed by atoms with Gasteiger partial charge in [-0.25, -0.2) is 4.98 Å². The van der Waals surface area contributed by atoms with Crippen molar-refractivity contribution >= 4 is 22.7 Å². The third-order valence-corrected chi connectivity index (χ3v) is 2.87. The van der Waals surface area contributed by atoms with Gasteiger partial charge in [-0.2, -0.15) is 0 Å². The maximum absolute atomic E-state index is 11.5. The van der Waals surface area contributed by atoms with E-state index in [1.807, 2.05) is 36.6 Å². The van der Waals surface area contributed by atoms with Crippen LogP contribution < -0.4 is 5.73 Å². The molecule has 2 rings (SSSR count). The number of nitrogens with two attached hydrogens (primary N) is 1. The van der Waals surface area contributed by atoms with E-state index in [0.29, 0.717) is 5.69 Å². The molecule has 0 saturated carbocycles. The zero-order chi connectivity index (χ0) is 13.3. The van der Waals surface area contributed by atoms with Gasteiger partial charge in [0, 0.05) is 5.92 Å². The number of aromatic nitrogens is 2. The quantitative estimate of drug-likeness (QED) is 0.664. The van der Waals surface area contributed by atoms with Crippen LogP contribution in [0.15, 0.2) is 18.2 Å². The third kappa shape index (κ3) is 2.03. The fraction of sp³-hybridized carbons (Fsp3) is 0.385. The molecule has 0 radical (unpaired) electrons. The summed E-state index contributed by atoms with van der Waals surface area (Å²) in [5, 5.41) is 0. The zero-order valence-corrected chi connectivity index (χ0v) is 10.8. The monoisotopic (exact) mass is 247 g/mol. The number of nitrogens with zero attached hydrogens (tertiary/aromatic N) is 2. The van der Waals surface area contributed by atoms with Crippen molar-refractivity contribution in [1.82, 2.24) is 9.55 Å². The largest absolute Gasteiger partial charge is 0.468 e. The number of anilines is 1. The molecule has 0 fully saturated rings. The fourth-order valence-corrected chi connectivity index (χ4v) is 1.99. The van der Waals surface area contributed by atoms with Crippen LogP contribution in [0.1, 0.15) is 25.6 Å². The molecular formula is C13H17N3O2. The summed E-state index contributed by atoms with van der Waals surface area (Å²) in [4.78, 5) is 16.0. The van der Waals surface area contributed by atoms with Crippen LogP contribution in [0.5, 0.6) is 0 Å². The van der Waals surface area contributed by atoms with Crippen molar-refractivity contribution in [3.63, 3.8) is 0 Å². The molecule has 0 unspecified atom stereocenters. The van der Waals surface area contributed by atoms with Gasteiger partial charge in [0.1, 0.15) is 17.9 Å². The Balaban J connectivity index is 2.63. The van der Waals surface area contributed by atoms with Crippen LogP contribution in [-0.2, 0) is 16.1 Å². The molecule has 5 nitrogen and oxygen atoms in total. The zero-order valence-electron chi connectivity index (χ0n) is 10.8. The average Bonchev–Trinajstić information content (AvgIpc) is 2.70. The number of carbonyl (C=O) groups is 1. The van der Waals surface area contributed by atoms with E-state index in [1.54, 1.807) is 0 Å². The van der Waals surface area contributed by atoms with Gasteiger partial charge in [0.2, 0.25) is 0 Å². The van der Waals surface area contributed by atoms with Gasteiger partial charge in [-0.15, -0.1) is 0 Å². The SMILES string of the molecule is COC(=O)Cn1c(C(C)C)nc2c(N)cccc21. The first-order valence-electron chi connectivity index (χ1n) is 5.86. The lowest BCUT2D eigenvalue weighted by molar-refractivity contribution is -0.141. The van der Waals surface area contributed by atoms with Crippen molar-refractivity contribution in [2.75, 3.05) is 12.8 Å². The van der Waals surface area contributed by atoms with Gasteiger partial charge in [-0.3, -0.25) is 4.79 Å². The van der Waals surface area contributed by atoms with E-state index in [0.717, 1.165) is 16.9 Å². The van der Waals surface area contributed by atoms with Gasteiger partial charge in [-0.1, -0.05) is 19.9 Å². The van der Waals surface area contributed by atoms with Crippen molar-refractivity contribution in [3.05, 3.63) is 24.0 Å². The summed E-state index contributed by atoms with van der Waals surface area (Å²) >= 11 is 0. The number of benzene rings is 1. The predicted octanol–water partition coefficient (Wildman–Crippen LogP) is 1.91. The summed E-state index contributed by atoms with van der Waals surface area (Å²) in [5.74, 6) is 0.758. The highest BCUT2D eigenvalue weighted by Gasteiger charge is 2.17. The molecule has 0 aliphatic rings. The van der Waals surface area contributed by atoms with Gasteiger partial charge in [0.05, 0.1) is 18.3 Å². The first-order chi connectivity index (χ1) is 8.54. The summed E-state index contributed by atoms with van der Waals surface area (Å²) in [7, 11) is 1.38. The Morgan fingerprint density at radius 1 is 1.50 bits per heavy atom. The number of methoxy groups -OCH3 is 1. The Bertz CT molecular complexity index is 587. The second-order valence-electron chi connectivity index (χ2n) is 4.50. The molecule has 0 aliphatic heterocycles. The lowest BCUT2D eigenvalue weighted by Crippen LogP contribution is -2.14. The number of ether oxygens (including phenoxy) is 1. The summed E-state index contributed by atoms with van der Waals surface area (Å²) < 4.78 is 6.58. The molecule has 0 bridgehead atoms. The number of fused-ring (bicyclic) bond motifs is 1. The van der Waals surface area contributed by atoms with E-state index in [2.05, 4.69) is 4.98 Å². The van der Waals surface area contributed by atoms with Crippen molar-refractivity contribution in [2.45, 2.75) is 26.3 Å². The number of nitrogen functional groups attached to an aromatic ring is 1. The van der Waals surface area contributed by atoms with Gasteiger partial charge in [0.15, 0.2) is 0 Å². The first kappa shape index (κ1) is 12.4. The van der Waals surface area contributed by atoms with E-state index in [9.17, 15) is 4.79 Å². The van der Waals surface area contributed by atoms with Crippen molar-refractivity contribution in [1.29, 1.82) is 0 Å². The minimum Gasteiger partial charge on any atom is -0.468 e. The van der Waals surface area contributed by atoms with Crippen LogP contribution in [0.25, 0.3) is 11.0 Å². The van der Waals surface area contributed by atoms with Gasteiger partial charge in [-0.05, 0) is 12.1 Å². The Kier molecular flexibility index (Phi) is 3.23. The minimum atomic E-state index is -0.293. The number of imidazole rings is 1. The molecule has 2 aromatic rings. The molecule has 18 heavy (non-hydrogen) atoms. The van der Waals surface area contributed by atoms with Crippen LogP contribution in [0.4, 0.5) is 5.69 Å². The Morgan fingerprint density at radius 3 is 2.83 bits per heavy atom. The Morgan fingerprint density at radius 2 is 2.22 bits per heavy atom. The topological polar surface area (TPSA) is 70.1 Å². The predicted molar refractivity (Wildman–Crippen MR) is 70.3 cm³/mol. The van der Waals surface area contributed by atoms with Gasteiger partial charge < -0.3 is 15.0 Å². The van der Waals surface area contributed by atoms with Crippen LogP contribution in [0, 0.1) is 0 Å². The van der Waals surface area contributed by atoms with E-state index >= 15 is 0 Å². The average molecular weight is 247 g/mol. The molecule has 2 N–H and O–H groups in total. The normalized spacial score (nSPS) is 11.1. The van der Waals surface area contributed by atoms with Crippen LogP contribution in [-0.4, -0.2) is 22.6 Å². The highest BCUT2D eigenvalue weighted by molar-refractivity contribution is 5.88. The van der Waals surface area contributed by atoms with Crippen molar-refractivity contribution < 1.29 is 9.53 Å². The van der Waals surface area contributed by atoms with E-state index in [-0.39, 0.29) is 18.4 Å². The van der Waals surface area contributed by atoms with Crippen LogP contribution in [0.2, 0.25) is 0 Å². The Labute approximate surface area is 106 Å². The summed E-state index contributed by atoms with van der Waals surface area (Å²) in [5.41, 5.74) is 8.14. The number of carbonyl (C=O) groups excluding carboxylic acids is 1. The molecule has 5 heteroatoms. The van der Waals surface area contributed by atoms with Crippen LogP contribution in [0.3, 0.4) is 0 Å². The maximum Gasteiger partial charge on any atom is 0.325 e. The molecule has 96 valence electrons. The Hall–Kier alpha value is -2.04. The van der Waals surface area contributed by atoms with Crippen molar-refractivity contribution in [2.24, 2.45) is 0 Å². The summed E-state index contributed by atoms with van der Waals surface area (Å²) in [6.07, 6.45) is 0. The maximum atomic E-state index is 11.5. The summed E-state index contributed by atoms with van der Waals surface area (Å²) in [6, 6.07) is 5.58. The first-order valence-corrected chi connectivity index (χ1v) is 5.86. The number of para-hydroxylation sites is 1. The van der Waals surface area contributed by atoms with E-state index in [1.165, 1.54) is 7.11 Å². The standard InChI is InChI=1S/C13H17N3O2/c1-8(2)13-15-12-9(14)5-4-6-10(12)16(13)7-11(17)18-3/h4-6,8H,7,14H2,1-3H3. The molecule has 1 aromatic heterocycles. The molecular weight excluding hydrogens is 230 g/mol. The van der Waals surface area contributed by atoms with Crippen molar-refractivity contribution in [3.8, 4) is 0 Å². The molecule has 0 atom stereocenters. The highest BCUT2D eigenvalue weighted by Crippen LogP contribution is 2.25. The number of hydrogen-bond donors (Lipinski definition) is 1. The van der Waals surface area contributed by atoms with Gasteiger partial charge >= 0.3 is 5.97 Å². The second kappa shape index (κ2) is 4.68. The lowest BCUT2D eigenvalue weighted by Gasteiger charge is -2.09. The number of esters is 1. The number of rotatable bonds is 3. The second-order valence-corrected chi connectivity index (χ2v) is 4.50. The summed E-state index contributed by atoms with van der Waals surface area (Å²) in [6.45, 7) is 4.22. The van der Waals surface area contributed by atoms with Gasteiger partial charge in [0.25, 0.3) is 0 Å². The lowest BCUT2D eigenvalue weighted by atomic mass is 10.2. The molecule has 0 spiro atoms. The molecule has 1 aromatic carbocycles. The smallest absolute Gasteiger partial charge is 0.325 e.